The third kappa shape index (κ3) is 1.62. The molecule has 1 aliphatic rings. The van der Waals surface area contributed by atoms with Gasteiger partial charge in [0.25, 0.3) is 0 Å². The van der Waals surface area contributed by atoms with Crippen LogP contribution in [0, 0.1) is 6.92 Å². The Morgan fingerprint density at radius 2 is 2.22 bits per heavy atom. The lowest BCUT2D eigenvalue weighted by Gasteiger charge is -2.09. The number of carbonyl (C=O) groups is 1. The number of aromatic nitrogens is 2. The van der Waals surface area contributed by atoms with Crippen LogP contribution in [-0.2, 0) is 10.2 Å². The highest BCUT2D eigenvalue weighted by molar-refractivity contribution is 7.13. The Hall–Kier alpha value is -1.75. The predicted molar refractivity (Wildman–Crippen MR) is 68.6 cm³/mol. The second-order valence-electron chi connectivity index (χ2n) is 4.59. The lowest BCUT2D eigenvalue weighted by Crippen LogP contribution is -2.22. The number of hydrogen-bond donors (Lipinski definition) is 1. The Morgan fingerprint density at radius 3 is 2.78 bits per heavy atom. The predicted octanol–water partition coefficient (Wildman–Crippen LogP) is 2.63. The lowest BCUT2D eigenvalue weighted by molar-refractivity contribution is -0.140. The molecular formula is C13H12N2O2S. The van der Waals surface area contributed by atoms with Gasteiger partial charge in [0.1, 0.15) is 11.2 Å². The normalized spacial score (nSPS) is 16.5. The molecule has 2 aromatic heterocycles. The van der Waals surface area contributed by atoms with Gasteiger partial charge in [0, 0.05) is 6.20 Å². The first-order valence-electron chi connectivity index (χ1n) is 5.75. The van der Waals surface area contributed by atoms with Gasteiger partial charge in [0.05, 0.1) is 10.6 Å². The first-order chi connectivity index (χ1) is 8.63. The minimum absolute atomic E-state index is 0.445. The summed E-state index contributed by atoms with van der Waals surface area (Å²) in [5.41, 5.74) is 1.14. The van der Waals surface area contributed by atoms with E-state index in [4.69, 9.17) is 0 Å². The van der Waals surface area contributed by atoms with Crippen LogP contribution < -0.4 is 0 Å². The molecule has 0 unspecified atom stereocenters. The minimum Gasteiger partial charge on any atom is -0.480 e. The summed E-state index contributed by atoms with van der Waals surface area (Å²) in [4.78, 5) is 21.0. The molecule has 0 bridgehead atoms. The first kappa shape index (κ1) is 11.3. The first-order valence-corrected chi connectivity index (χ1v) is 6.63. The summed E-state index contributed by atoms with van der Waals surface area (Å²) in [5, 5.41) is 11.3. The molecule has 0 saturated heterocycles. The van der Waals surface area contributed by atoms with Gasteiger partial charge in [-0.1, -0.05) is 0 Å². The number of hydrogen-bond acceptors (Lipinski definition) is 4. The molecule has 0 aliphatic heterocycles. The van der Waals surface area contributed by atoms with E-state index in [0.29, 0.717) is 18.7 Å². The molecule has 1 aliphatic carbocycles. The van der Waals surface area contributed by atoms with Gasteiger partial charge in [0.2, 0.25) is 0 Å². The van der Waals surface area contributed by atoms with Crippen molar-refractivity contribution in [1.82, 2.24) is 9.97 Å². The van der Waals surface area contributed by atoms with Crippen LogP contribution in [-0.4, -0.2) is 21.0 Å². The third-order valence-corrected chi connectivity index (χ3v) is 4.38. The Labute approximate surface area is 108 Å². The van der Waals surface area contributed by atoms with Crippen molar-refractivity contribution in [3.63, 3.8) is 0 Å². The van der Waals surface area contributed by atoms with Gasteiger partial charge >= 0.3 is 5.97 Å². The highest BCUT2D eigenvalue weighted by Crippen LogP contribution is 2.47. The van der Waals surface area contributed by atoms with E-state index in [-0.39, 0.29) is 0 Å². The SMILES string of the molecule is Cc1ccsc1-c1ccnc(C2(C(=O)O)CC2)n1. The van der Waals surface area contributed by atoms with Crippen molar-refractivity contribution in [3.05, 3.63) is 35.1 Å². The topological polar surface area (TPSA) is 63.1 Å². The van der Waals surface area contributed by atoms with Gasteiger partial charge < -0.3 is 5.11 Å². The molecule has 5 heteroatoms. The Morgan fingerprint density at radius 1 is 1.44 bits per heavy atom. The van der Waals surface area contributed by atoms with E-state index in [1.807, 2.05) is 24.4 Å². The molecule has 0 radical (unpaired) electrons. The number of rotatable bonds is 3. The summed E-state index contributed by atoms with van der Waals surface area (Å²) >= 11 is 1.61. The van der Waals surface area contributed by atoms with Crippen LogP contribution in [0.4, 0.5) is 0 Å². The van der Waals surface area contributed by atoms with Crippen LogP contribution in [0.5, 0.6) is 0 Å². The molecule has 18 heavy (non-hydrogen) atoms. The second-order valence-corrected chi connectivity index (χ2v) is 5.50. The van der Waals surface area contributed by atoms with Crippen LogP contribution in [0.3, 0.4) is 0 Å². The standard InChI is InChI=1S/C13H12N2O2S/c1-8-3-7-18-10(8)9-2-6-14-11(15-9)13(4-5-13)12(16)17/h2-3,6-7H,4-5H2,1H3,(H,16,17). The summed E-state index contributed by atoms with van der Waals surface area (Å²) in [6, 6.07) is 3.87. The van der Waals surface area contributed by atoms with E-state index >= 15 is 0 Å². The fourth-order valence-electron chi connectivity index (χ4n) is 2.01. The number of carboxylic acids is 1. The fourth-order valence-corrected chi connectivity index (χ4v) is 2.91. The molecule has 1 fully saturated rings. The van der Waals surface area contributed by atoms with Crippen LogP contribution in [0.15, 0.2) is 23.7 Å². The minimum atomic E-state index is -0.832. The van der Waals surface area contributed by atoms with Crippen molar-refractivity contribution in [2.24, 2.45) is 0 Å². The van der Waals surface area contributed by atoms with Gasteiger partial charge in [-0.3, -0.25) is 4.79 Å². The molecule has 0 spiro atoms. The van der Waals surface area contributed by atoms with Crippen LogP contribution in [0.25, 0.3) is 10.6 Å². The van der Waals surface area contributed by atoms with Gasteiger partial charge in [-0.15, -0.1) is 11.3 Å². The summed E-state index contributed by atoms with van der Waals surface area (Å²) < 4.78 is 0. The van der Waals surface area contributed by atoms with Gasteiger partial charge in [-0.2, -0.15) is 0 Å². The zero-order chi connectivity index (χ0) is 12.8. The van der Waals surface area contributed by atoms with Gasteiger partial charge in [-0.25, -0.2) is 9.97 Å². The largest absolute Gasteiger partial charge is 0.480 e. The summed E-state index contributed by atoms with van der Waals surface area (Å²) in [6.45, 7) is 2.03. The fraction of sp³-hybridized carbons (Fsp3) is 0.308. The Balaban J connectivity index is 2.06. The number of carboxylic acid groups (broad SMARTS) is 1. The molecule has 0 aromatic carbocycles. The smallest absolute Gasteiger partial charge is 0.317 e. The van der Waals surface area contributed by atoms with Gasteiger partial charge in [0.15, 0.2) is 0 Å². The number of nitrogens with zero attached hydrogens (tertiary/aromatic N) is 2. The van der Waals surface area contributed by atoms with Crippen LogP contribution >= 0.6 is 11.3 Å². The highest BCUT2D eigenvalue weighted by Gasteiger charge is 2.54. The molecule has 2 aromatic rings. The molecule has 0 atom stereocenters. The highest BCUT2D eigenvalue weighted by atomic mass is 32.1. The summed E-state index contributed by atoms with van der Waals surface area (Å²) in [6.07, 6.45) is 2.92. The Kier molecular flexibility index (Phi) is 2.45. The maximum Gasteiger partial charge on any atom is 0.317 e. The number of aliphatic carboxylic acids is 1. The van der Waals surface area contributed by atoms with Crippen molar-refractivity contribution in [2.45, 2.75) is 25.2 Å². The zero-order valence-corrected chi connectivity index (χ0v) is 10.7. The summed E-state index contributed by atoms with van der Waals surface area (Å²) in [7, 11) is 0. The molecular weight excluding hydrogens is 248 g/mol. The summed E-state index contributed by atoms with van der Waals surface area (Å²) in [5.74, 6) is -0.372. The second kappa shape index (κ2) is 3.88. The molecule has 0 amide bonds. The van der Waals surface area contributed by atoms with E-state index in [0.717, 1.165) is 16.1 Å². The van der Waals surface area contributed by atoms with E-state index in [1.165, 1.54) is 0 Å². The van der Waals surface area contributed by atoms with E-state index in [1.54, 1.807) is 17.5 Å². The Bertz CT molecular complexity index is 617. The van der Waals surface area contributed by atoms with Crippen molar-refractivity contribution in [1.29, 1.82) is 0 Å². The monoisotopic (exact) mass is 260 g/mol. The average Bonchev–Trinajstić information content (AvgIpc) is 3.07. The number of thiophene rings is 1. The van der Waals surface area contributed by atoms with Crippen molar-refractivity contribution < 1.29 is 9.90 Å². The van der Waals surface area contributed by atoms with Crippen molar-refractivity contribution in [3.8, 4) is 10.6 Å². The average molecular weight is 260 g/mol. The zero-order valence-electron chi connectivity index (χ0n) is 9.88. The van der Waals surface area contributed by atoms with Gasteiger partial charge in [-0.05, 0) is 42.8 Å². The van der Waals surface area contributed by atoms with Crippen molar-refractivity contribution in [2.75, 3.05) is 0 Å². The maximum absolute atomic E-state index is 11.3. The molecule has 1 N–H and O–H groups in total. The molecule has 2 heterocycles. The molecule has 4 nitrogen and oxygen atoms in total. The van der Waals surface area contributed by atoms with E-state index in [9.17, 15) is 9.90 Å². The molecule has 92 valence electrons. The molecule has 3 rings (SSSR count). The third-order valence-electron chi connectivity index (χ3n) is 3.34. The maximum atomic E-state index is 11.3. The van der Waals surface area contributed by atoms with Crippen LogP contribution in [0.1, 0.15) is 24.2 Å². The lowest BCUT2D eigenvalue weighted by atomic mass is 10.1. The van der Waals surface area contributed by atoms with Crippen molar-refractivity contribution >= 4 is 17.3 Å². The van der Waals surface area contributed by atoms with Crippen LogP contribution in [0.2, 0.25) is 0 Å². The van der Waals surface area contributed by atoms with E-state index in [2.05, 4.69) is 9.97 Å². The quantitative estimate of drug-likeness (QED) is 0.921. The van der Waals surface area contributed by atoms with E-state index < -0.39 is 11.4 Å². The number of aryl methyl sites for hydroxylation is 1. The molecule has 1 saturated carbocycles.